The van der Waals surface area contributed by atoms with Crippen molar-refractivity contribution in [1.82, 2.24) is 15.1 Å². The first-order valence-electron chi connectivity index (χ1n) is 6.68. The van der Waals surface area contributed by atoms with E-state index in [1.54, 1.807) is 11.3 Å². The van der Waals surface area contributed by atoms with E-state index in [1.165, 1.54) is 0 Å². The van der Waals surface area contributed by atoms with E-state index in [9.17, 15) is 5.11 Å². The van der Waals surface area contributed by atoms with Crippen LogP contribution < -0.4 is 5.32 Å². The van der Waals surface area contributed by atoms with Gasteiger partial charge in [-0.1, -0.05) is 0 Å². The summed E-state index contributed by atoms with van der Waals surface area (Å²) in [5.74, 6) is 0. The summed E-state index contributed by atoms with van der Waals surface area (Å²) in [6.07, 6.45) is -0.477. The summed E-state index contributed by atoms with van der Waals surface area (Å²) in [5.41, 5.74) is 4.12. The lowest BCUT2D eigenvalue weighted by Crippen LogP contribution is -2.21. The van der Waals surface area contributed by atoms with Gasteiger partial charge in [-0.25, -0.2) is 0 Å². The fraction of sp³-hybridized carbons (Fsp3) is 0.500. The molecule has 0 aliphatic rings. The normalized spacial score (nSPS) is 12.8. The van der Waals surface area contributed by atoms with E-state index >= 15 is 0 Å². The number of thiophene rings is 1. The molecule has 0 spiro atoms. The van der Waals surface area contributed by atoms with Crippen molar-refractivity contribution in [3.05, 3.63) is 39.3 Å². The third-order valence-electron chi connectivity index (χ3n) is 3.41. The van der Waals surface area contributed by atoms with Crippen molar-refractivity contribution in [2.75, 3.05) is 13.2 Å². The van der Waals surface area contributed by atoms with Crippen LogP contribution in [0.1, 0.15) is 28.6 Å². The van der Waals surface area contributed by atoms with Crippen LogP contribution in [0.25, 0.3) is 0 Å². The van der Waals surface area contributed by atoms with Gasteiger partial charge >= 0.3 is 0 Å². The van der Waals surface area contributed by atoms with Crippen LogP contribution in [-0.2, 0) is 13.1 Å². The molecule has 0 saturated carbocycles. The molecule has 1 atom stereocenters. The summed E-state index contributed by atoms with van der Waals surface area (Å²) in [5, 5.41) is 30.6. The molecule has 1 unspecified atom stereocenters. The summed E-state index contributed by atoms with van der Waals surface area (Å²) in [6.45, 7) is 5.76. The molecule has 0 amide bonds. The van der Waals surface area contributed by atoms with Gasteiger partial charge in [-0.3, -0.25) is 4.68 Å². The Labute approximate surface area is 122 Å². The minimum atomic E-state index is -0.477. The molecule has 0 radical (unpaired) electrons. The van der Waals surface area contributed by atoms with Crippen molar-refractivity contribution in [1.29, 1.82) is 0 Å². The Bertz CT molecular complexity index is 537. The SMILES string of the molecule is Cc1nn(CCO)c(C)c1CNCC(O)c1ccsc1. The van der Waals surface area contributed by atoms with Gasteiger partial charge in [0.25, 0.3) is 0 Å². The van der Waals surface area contributed by atoms with Crippen LogP contribution >= 0.6 is 11.3 Å². The fourth-order valence-electron chi connectivity index (χ4n) is 2.22. The van der Waals surface area contributed by atoms with Crippen molar-refractivity contribution in [3.8, 4) is 0 Å². The first kappa shape index (κ1) is 15.2. The minimum absolute atomic E-state index is 0.0890. The number of aliphatic hydroxyl groups excluding tert-OH is 2. The monoisotopic (exact) mass is 295 g/mol. The lowest BCUT2D eigenvalue weighted by molar-refractivity contribution is 0.175. The molecule has 110 valence electrons. The quantitative estimate of drug-likeness (QED) is 0.722. The second-order valence-electron chi connectivity index (χ2n) is 4.80. The highest BCUT2D eigenvalue weighted by atomic mass is 32.1. The number of aryl methyl sites for hydroxylation is 1. The van der Waals surface area contributed by atoms with Crippen molar-refractivity contribution in [2.24, 2.45) is 0 Å². The van der Waals surface area contributed by atoms with Gasteiger partial charge in [0.1, 0.15) is 0 Å². The van der Waals surface area contributed by atoms with E-state index in [2.05, 4.69) is 10.4 Å². The Morgan fingerprint density at radius 1 is 1.45 bits per heavy atom. The Hall–Kier alpha value is -1.21. The highest BCUT2D eigenvalue weighted by Crippen LogP contribution is 2.16. The van der Waals surface area contributed by atoms with Gasteiger partial charge in [-0.05, 0) is 36.2 Å². The highest BCUT2D eigenvalue weighted by molar-refractivity contribution is 7.07. The van der Waals surface area contributed by atoms with Crippen LogP contribution in [0.4, 0.5) is 0 Å². The van der Waals surface area contributed by atoms with E-state index in [1.807, 2.05) is 35.4 Å². The molecule has 0 saturated heterocycles. The maximum atomic E-state index is 10.0. The zero-order chi connectivity index (χ0) is 14.5. The number of nitrogens with zero attached hydrogens (tertiary/aromatic N) is 2. The number of aromatic nitrogens is 2. The average Bonchev–Trinajstić information content (AvgIpc) is 3.03. The topological polar surface area (TPSA) is 70.3 Å². The summed E-state index contributed by atoms with van der Waals surface area (Å²) < 4.78 is 1.82. The van der Waals surface area contributed by atoms with Crippen molar-refractivity contribution in [3.63, 3.8) is 0 Å². The average molecular weight is 295 g/mol. The summed E-state index contributed by atoms with van der Waals surface area (Å²) in [7, 11) is 0. The molecule has 0 fully saturated rings. The first-order valence-corrected chi connectivity index (χ1v) is 7.62. The highest BCUT2D eigenvalue weighted by Gasteiger charge is 2.12. The molecule has 2 rings (SSSR count). The van der Waals surface area contributed by atoms with E-state index in [0.717, 1.165) is 22.5 Å². The molecule has 2 heterocycles. The summed E-state index contributed by atoms with van der Waals surface area (Å²) in [4.78, 5) is 0. The van der Waals surface area contributed by atoms with Gasteiger partial charge in [-0.2, -0.15) is 16.4 Å². The molecule has 0 bridgehead atoms. The molecule has 20 heavy (non-hydrogen) atoms. The maximum Gasteiger partial charge on any atom is 0.0922 e. The lowest BCUT2D eigenvalue weighted by Gasteiger charge is -2.11. The molecule has 0 aliphatic carbocycles. The van der Waals surface area contributed by atoms with Gasteiger partial charge in [0.2, 0.25) is 0 Å². The number of aliphatic hydroxyl groups is 2. The smallest absolute Gasteiger partial charge is 0.0922 e. The zero-order valence-corrected chi connectivity index (χ0v) is 12.7. The third kappa shape index (κ3) is 3.46. The van der Waals surface area contributed by atoms with E-state index in [-0.39, 0.29) is 6.61 Å². The predicted molar refractivity (Wildman–Crippen MR) is 79.8 cm³/mol. The van der Waals surface area contributed by atoms with E-state index in [0.29, 0.717) is 19.6 Å². The number of nitrogens with one attached hydrogen (secondary N) is 1. The van der Waals surface area contributed by atoms with E-state index < -0.39 is 6.10 Å². The number of hydrogen-bond donors (Lipinski definition) is 3. The lowest BCUT2D eigenvalue weighted by atomic mass is 10.1. The largest absolute Gasteiger partial charge is 0.394 e. The van der Waals surface area contributed by atoms with Gasteiger partial charge in [0.15, 0.2) is 0 Å². The fourth-order valence-corrected chi connectivity index (χ4v) is 2.93. The molecule has 6 heteroatoms. The van der Waals surface area contributed by atoms with Crippen molar-refractivity contribution >= 4 is 11.3 Å². The Balaban J connectivity index is 1.91. The molecular formula is C14H21N3O2S. The van der Waals surface area contributed by atoms with Gasteiger partial charge in [0, 0.05) is 24.3 Å². The summed E-state index contributed by atoms with van der Waals surface area (Å²) >= 11 is 1.59. The molecule has 3 N–H and O–H groups in total. The Morgan fingerprint density at radius 2 is 2.25 bits per heavy atom. The Morgan fingerprint density at radius 3 is 2.90 bits per heavy atom. The van der Waals surface area contributed by atoms with Crippen LogP contribution in [0.3, 0.4) is 0 Å². The second kappa shape index (κ2) is 6.99. The van der Waals surface area contributed by atoms with Crippen LogP contribution in [0, 0.1) is 13.8 Å². The van der Waals surface area contributed by atoms with Gasteiger partial charge in [-0.15, -0.1) is 0 Å². The number of hydrogen-bond acceptors (Lipinski definition) is 5. The predicted octanol–water partition coefficient (Wildman–Crippen LogP) is 1.38. The van der Waals surface area contributed by atoms with Crippen LogP contribution in [0.15, 0.2) is 16.8 Å². The van der Waals surface area contributed by atoms with Crippen LogP contribution in [0.5, 0.6) is 0 Å². The standard InChI is InChI=1S/C14H21N3O2S/c1-10-13(11(2)17(16-10)4-5-18)7-15-8-14(19)12-3-6-20-9-12/h3,6,9,14-15,18-19H,4-5,7-8H2,1-2H3. The van der Waals surface area contributed by atoms with Crippen LogP contribution in [-0.4, -0.2) is 33.1 Å². The van der Waals surface area contributed by atoms with Gasteiger partial charge < -0.3 is 15.5 Å². The molecule has 0 aliphatic heterocycles. The van der Waals surface area contributed by atoms with Crippen molar-refractivity contribution in [2.45, 2.75) is 33.0 Å². The maximum absolute atomic E-state index is 10.0. The summed E-state index contributed by atoms with van der Waals surface area (Å²) in [6, 6.07) is 1.94. The van der Waals surface area contributed by atoms with Crippen molar-refractivity contribution < 1.29 is 10.2 Å². The molecule has 2 aromatic heterocycles. The molecular weight excluding hydrogens is 274 g/mol. The Kier molecular flexibility index (Phi) is 5.31. The first-order chi connectivity index (χ1) is 9.63. The van der Waals surface area contributed by atoms with Crippen LogP contribution in [0.2, 0.25) is 0 Å². The van der Waals surface area contributed by atoms with Gasteiger partial charge in [0.05, 0.1) is 24.9 Å². The number of rotatable bonds is 7. The second-order valence-corrected chi connectivity index (χ2v) is 5.58. The molecule has 0 aromatic carbocycles. The zero-order valence-electron chi connectivity index (χ0n) is 11.8. The molecule has 5 nitrogen and oxygen atoms in total. The molecule has 2 aromatic rings. The minimum Gasteiger partial charge on any atom is -0.394 e. The third-order valence-corrected chi connectivity index (χ3v) is 4.11. The van der Waals surface area contributed by atoms with E-state index in [4.69, 9.17) is 5.11 Å².